The molecule has 1 fully saturated rings. The molecule has 22 heavy (non-hydrogen) atoms. The summed E-state index contributed by atoms with van der Waals surface area (Å²) in [5, 5.41) is 3.39. The number of anilines is 1. The molecule has 2 heterocycles. The van der Waals surface area contributed by atoms with E-state index in [4.69, 9.17) is 4.74 Å². The second-order valence-corrected chi connectivity index (χ2v) is 5.73. The number of aromatic nitrogens is 1. The van der Waals surface area contributed by atoms with Gasteiger partial charge in [0.1, 0.15) is 5.82 Å². The van der Waals surface area contributed by atoms with Crippen molar-refractivity contribution in [3.8, 4) is 0 Å². The summed E-state index contributed by atoms with van der Waals surface area (Å²) in [5.74, 6) is 0.929. The molecule has 0 aliphatic carbocycles. The Labute approximate surface area is 132 Å². The van der Waals surface area contributed by atoms with Crippen LogP contribution in [0.3, 0.4) is 0 Å². The lowest BCUT2D eigenvalue weighted by molar-refractivity contribution is 0.0342. The van der Waals surface area contributed by atoms with Crippen molar-refractivity contribution < 1.29 is 4.74 Å². The summed E-state index contributed by atoms with van der Waals surface area (Å²) in [7, 11) is 0. The minimum absolute atomic E-state index is 0.799. The van der Waals surface area contributed by atoms with Gasteiger partial charge in [-0.25, -0.2) is 4.98 Å². The van der Waals surface area contributed by atoms with Gasteiger partial charge in [0.05, 0.1) is 13.2 Å². The van der Waals surface area contributed by atoms with Crippen molar-refractivity contribution in [3.63, 3.8) is 0 Å². The zero-order valence-corrected chi connectivity index (χ0v) is 13.1. The van der Waals surface area contributed by atoms with E-state index in [1.54, 1.807) is 0 Å². The van der Waals surface area contributed by atoms with E-state index < -0.39 is 0 Å². The van der Waals surface area contributed by atoms with Gasteiger partial charge in [-0.15, -0.1) is 0 Å². The Bertz CT molecular complexity index is 609. The first-order valence-electron chi connectivity index (χ1n) is 7.85. The highest BCUT2D eigenvalue weighted by atomic mass is 16.5. The van der Waals surface area contributed by atoms with Crippen LogP contribution in [-0.4, -0.2) is 36.2 Å². The molecule has 1 aromatic heterocycles. The monoisotopic (exact) mass is 297 g/mol. The normalized spacial score (nSPS) is 15.7. The molecule has 0 unspecified atom stereocenters. The second-order valence-electron chi connectivity index (χ2n) is 5.73. The van der Waals surface area contributed by atoms with E-state index in [-0.39, 0.29) is 0 Å². The van der Waals surface area contributed by atoms with Crippen molar-refractivity contribution in [1.29, 1.82) is 0 Å². The molecule has 1 aromatic carbocycles. The van der Waals surface area contributed by atoms with Gasteiger partial charge in [0.15, 0.2) is 0 Å². The molecule has 4 nitrogen and oxygen atoms in total. The molecule has 0 spiro atoms. The van der Waals surface area contributed by atoms with Crippen molar-refractivity contribution in [2.24, 2.45) is 0 Å². The number of hydrogen-bond donors (Lipinski definition) is 1. The van der Waals surface area contributed by atoms with Crippen LogP contribution in [0.15, 0.2) is 42.5 Å². The van der Waals surface area contributed by atoms with Gasteiger partial charge in [0, 0.05) is 31.9 Å². The summed E-state index contributed by atoms with van der Waals surface area (Å²) >= 11 is 0. The van der Waals surface area contributed by atoms with Crippen LogP contribution in [0.5, 0.6) is 0 Å². The fourth-order valence-electron chi connectivity index (χ4n) is 2.69. The summed E-state index contributed by atoms with van der Waals surface area (Å²) in [5.41, 5.74) is 3.68. The van der Waals surface area contributed by atoms with E-state index in [1.165, 1.54) is 11.1 Å². The minimum Gasteiger partial charge on any atom is -0.379 e. The number of nitrogens with one attached hydrogen (secondary N) is 1. The molecule has 0 bridgehead atoms. The number of hydrogen-bond acceptors (Lipinski definition) is 4. The van der Waals surface area contributed by atoms with Crippen molar-refractivity contribution in [3.05, 3.63) is 59.3 Å². The van der Waals surface area contributed by atoms with Crippen LogP contribution in [0.2, 0.25) is 0 Å². The molecule has 0 amide bonds. The van der Waals surface area contributed by atoms with E-state index in [2.05, 4.69) is 39.5 Å². The standard InChI is InChI=1S/C18H23N3O/c1-15-4-2-7-18(20-15)19-13-16-5-3-6-17(12-16)14-21-8-10-22-11-9-21/h2-7,12H,8-11,13-14H2,1H3,(H,19,20). The number of nitrogens with zero attached hydrogens (tertiary/aromatic N) is 2. The molecular weight excluding hydrogens is 274 g/mol. The van der Waals surface area contributed by atoms with Gasteiger partial charge in [-0.05, 0) is 30.2 Å². The minimum atomic E-state index is 0.799. The first-order chi connectivity index (χ1) is 10.8. The molecule has 0 saturated carbocycles. The smallest absolute Gasteiger partial charge is 0.126 e. The van der Waals surface area contributed by atoms with Crippen LogP contribution in [0, 0.1) is 6.92 Å². The van der Waals surface area contributed by atoms with Gasteiger partial charge in [-0.2, -0.15) is 0 Å². The van der Waals surface area contributed by atoms with Crippen LogP contribution in [0.4, 0.5) is 5.82 Å². The molecule has 1 aliphatic rings. The first kappa shape index (κ1) is 15.0. The third-order valence-electron chi connectivity index (χ3n) is 3.86. The Morgan fingerprint density at radius 1 is 1.09 bits per heavy atom. The molecule has 1 N–H and O–H groups in total. The summed E-state index contributed by atoms with van der Waals surface area (Å²) in [6, 6.07) is 14.8. The van der Waals surface area contributed by atoms with Crippen LogP contribution in [0.1, 0.15) is 16.8 Å². The van der Waals surface area contributed by atoms with Crippen LogP contribution < -0.4 is 5.32 Å². The number of ether oxygens (including phenoxy) is 1. The van der Waals surface area contributed by atoms with E-state index in [1.807, 2.05) is 25.1 Å². The quantitative estimate of drug-likeness (QED) is 0.921. The molecule has 1 saturated heterocycles. The van der Waals surface area contributed by atoms with Crippen LogP contribution in [-0.2, 0) is 17.8 Å². The fraction of sp³-hybridized carbons (Fsp3) is 0.389. The van der Waals surface area contributed by atoms with Crippen molar-refractivity contribution >= 4 is 5.82 Å². The SMILES string of the molecule is Cc1cccc(NCc2cccc(CN3CCOCC3)c2)n1. The Balaban J connectivity index is 1.58. The zero-order valence-electron chi connectivity index (χ0n) is 13.1. The van der Waals surface area contributed by atoms with Crippen molar-refractivity contribution in [2.45, 2.75) is 20.0 Å². The predicted molar refractivity (Wildman–Crippen MR) is 88.8 cm³/mol. The lowest BCUT2D eigenvalue weighted by Crippen LogP contribution is -2.35. The zero-order chi connectivity index (χ0) is 15.2. The average Bonchev–Trinajstić information content (AvgIpc) is 2.54. The summed E-state index contributed by atoms with van der Waals surface area (Å²) in [6.07, 6.45) is 0. The van der Waals surface area contributed by atoms with Gasteiger partial charge in [0.25, 0.3) is 0 Å². The van der Waals surface area contributed by atoms with Crippen LogP contribution in [0.25, 0.3) is 0 Å². The Morgan fingerprint density at radius 3 is 2.68 bits per heavy atom. The Kier molecular flexibility index (Phi) is 5.03. The van der Waals surface area contributed by atoms with Gasteiger partial charge in [-0.1, -0.05) is 30.3 Å². The van der Waals surface area contributed by atoms with Crippen LogP contribution >= 0.6 is 0 Å². The molecular formula is C18H23N3O. The van der Waals surface area contributed by atoms with Gasteiger partial charge in [-0.3, -0.25) is 4.90 Å². The third kappa shape index (κ3) is 4.29. The van der Waals surface area contributed by atoms with E-state index in [0.717, 1.165) is 50.9 Å². The topological polar surface area (TPSA) is 37.4 Å². The maximum absolute atomic E-state index is 5.40. The summed E-state index contributed by atoms with van der Waals surface area (Å²) in [6.45, 7) is 7.55. The molecule has 3 rings (SSSR count). The third-order valence-corrected chi connectivity index (χ3v) is 3.86. The molecule has 116 valence electrons. The Morgan fingerprint density at radius 2 is 1.86 bits per heavy atom. The number of pyridine rings is 1. The van der Waals surface area contributed by atoms with E-state index in [9.17, 15) is 0 Å². The van der Waals surface area contributed by atoms with Crippen molar-refractivity contribution in [1.82, 2.24) is 9.88 Å². The van der Waals surface area contributed by atoms with E-state index in [0.29, 0.717) is 0 Å². The number of morpholine rings is 1. The van der Waals surface area contributed by atoms with Gasteiger partial charge >= 0.3 is 0 Å². The Hall–Kier alpha value is -1.91. The maximum atomic E-state index is 5.40. The summed E-state index contributed by atoms with van der Waals surface area (Å²) in [4.78, 5) is 6.91. The first-order valence-corrected chi connectivity index (χ1v) is 7.85. The molecule has 1 aliphatic heterocycles. The molecule has 0 atom stereocenters. The highest BCUT2D eigenvalue weighted by Gasteiger charge is 2.10. The van der Waals surface area contributed by atoms with Gasteiger partial charge in [0.2, 0.25) is 0 Å². The van der Waals surface area contributed by atoms with E-state index >= 15 is 0 Å². The largest absolute Gasteiger partial charge is 0.379 e. The highest BCUT2D eigenvalue weighted by molar-refractivity contribution is 5.37. The highest BCUT2D eigenvalue weighted by Crippen LogP contribution is 2.12. The lowest BCUT2D eigenvalue weighted by Gasteiger charge is -2.26. The predicted octanol–water partition coefficient (Wildman–Crippen LogP) is 2.83. The molecule has 2 aromatic rings. The lowest BCUT2D eigenvalue weighted by atomic mass is 10.1. The fourth-order valence-corrected chi connectivity index (χ4v) is 2.69. The second kappa shape index (κ2) is 7.38. The van der Waals surface area contributed by atoms with Gasteiger partial charge < -0.3 is 10.1 Å². The molecule has 0 radical (unpaired) electrons. The number of aryl methyl sites for hydroxylation is 1. The number of benzene rings is 1. The summed E-state index contributed by atoms with van der Waals surface area (Å²) < 4.78 is 5.40. The maximum Gasteiger partial charge on any atom is 0.126 e. The molecule has 4 heteroatoms. The average molecular weight is 297 g/mol. The number of rotatable bonds is 5. The van der Waals surface area contributed by atoms with Crippen molar-refractivity contribution in [2.75, 3.05) is 31.6 Å².